The lowest BCUT2D eigenvalue weighted by molar-refractivity contribution is -0.445. The summed E-state index contributed by atoms with van der Waals surface area (Å²) in [7, 11) is 0.889. The zero-order valence-corrected chi connectivity index (χ0v) is 12.2. The van der Waals surface area contributed by atoms with E-state index in [1.807, 2.05) is 58.0 Å². The Bertz CT molecular complexity index is 360. The van der Waals surface area contributed by atoms with E-state index in [2.05, 4.69) is 0 Å². The summed E-state index contributed by atoms with van der Waals surface area (Å²) in [6.07, 6.45) is 0. The third kappa shape index (κ3) is 7.79. The van der Waals surface area contributed by atoms with Crippen molar-refractivity contribution in [2.24, 2.45) is 0 Å². The molecule has 0 aliphatic heterocycles. The van der Waals surface area contributed by atoms with Crippen LogP contribution in [0.5, 0.6) is 0 Å². The summed E-state index contributed by atoms with van der Waals surface area (Å²) < 4.78 is 0. The first-order valence-corrected chi connectivity index (χ1v) is 5.99. The molecule has 18 heavy (non-hydrogen) atoms. The van der Waals surface area contributed by atoms with Crippen LogP contribution < -0.4 is 0 Å². The van der Waals surface area contributed by atoms with Gasteiger partial charge in [-0.2, -0.15) is 0 Å². The summed E-state index contributed by atoms with van der Waals surface area (Å²) in [5, 5.41) is 8.48. The van der Waals surface area contributed by atoms with Crippen molar-refractivity contribution in [3.63, 3.8) is 0 Å². The number of hydrogen-bond donors (Lipinski definition) is 0. The van der Waals surface area contributed by atoms with Crippen LogP contribution in [0.3, 0.4) is 0 Å². The molecule has 5 heteroatoms. The van der Waals surface area contributed by atoms with E-state index in [-0.39, 0.29) is 5.24 Å². The van der Waals surface area contributed by atoms with Crippen molar-refractivity contribution in [3.8, 4) is 0 Å². The molecule has 0 heterocycles. The fourth-order valence-electron chi connectivity index (χ4n) is 0.968. The average Bonchev–Trinajstić information content (AvgIpc) is 2.32. The largest absolute Gasteiger partial charge is 0.280 e. The molecule has 0 amide bonds. The van der Waals surface area contributed by atoms with E-state index < -0.39 is 10.3 Å². The summed E-state index contributed by atoms with van der Waals surface area (Å²) in [6.45, 7) is 7.63. The molecule has 0 N–H and O–H groups in total. The Morgan fingerprint density at radius 1 is 1.22 bits per heavy atom. The van der Waals surface area contributed by atoms with Crippen LogP contribution in [0.15, 0.2) is 30.3 Å². The number of hydrogen-bond acceptors (Lipinski definition) is 3. The molecule has 0 fully saturated rings. The third-order valence-corrected chi connectivity index (χ3v) is 2.46. The fourth-order valence-corrected chi connectivity index (χ4v) is 1.08. The molecule has 0 aromatic heterocycles. The van der Waals surface area contributed by atoms with Crippen LogP contribution in [0.2, 0.25) is 0 Å². The van der Waals surface area contributed by atoms with Gasteiger partial charge in [0.1, 0.15) is 0 Å². The zero-order chi connectivity index (χ0) is 14.8. The Labute approximate surface area is 113 Å². The SMILES string of the molecule is CC.CC(C)(C(=O)Cl)c1ccccc1.C[N+](=O)[O-]. The van der Waals surface area contributed by atoms with Crippen LogP contribution in [-0.4, -0.2) is 17.2 Å². The van der Waals surface area contributed by atoms with Gasteiger partial charge in [0.05, 0.1) is 5.41 Å². The molecular weight excluding hydrogens is 254 g/mol. The second kappa shape index (κ2) is 9.59. The van der Waals surface area contributed by atoms with Gasteiger partial charge in [0.2, 0.25) is 5.24 Å². The Morgan fingerprint density at radius 2 is 1.56 bits per heavy atom. The normalized spacial score (nSPS) is 9.22. The number of benzene rings is 1. The minimum absolute atomic E-state index is 0.325. The van der Waals surface area contributed by atoms with Crippen LogP contribution >= 0.6 is 11.6 Å². The maximum atomic E-state index is 11.0. The summed E-state index contributed by atoms with van der Waals surface area (Å²) in [6, 6.07) is 9.52. The van der Waals surface area contributed by atoms with Crippen molar-refractivity contribution < 1.29 is 9.72 Å². The number of nitrogens with zero attached hydrogens (tertiary/aromatic N) is 1. The first-order valence-electron chi connectivity index (χ1n) is 5.62. The molecular formula is C13H20ClNO3. The van der Waals surface area contributed by atoms with Gasteiger partial charge in [0.15, 0.2) is 7.05 Å². The highest BCUT2D eigenvalue weighted by Gasteiger charge is 2.27. The quantitative estimate of drug-likeness (QED) is 0.469. The number of rotatable bonds is 2. The van der Waals surface area contributed by atoms with E-state index in [9.17, 15) is 4.79 Å². The monoisotopic (exact) mass is 273 g/mol. The number of halogens is 1. The van der Waals surface area contributed by atoms with Crippen LogP contribution in [0.25, 0.3) is 0 Å². The van der Waals surface area contributed by atoms with Gasteiger partial charge in [0.25, 0.3) is 0 Å². The molecule has 102 valence electrons. The third-order valence-electron chi connectivity index (χ3n) is 1.99. The minimum atomic E-state index is -0.581. The van der Waals surface area contributed by atoms with Crippen molar-refractivity contribution >= 4 is 16.8 Å². The molecule has 1 aromatic carbocycles. The summed E-state index contributed by atoms with van der Waals surface area (Å²) >= 11 is 5.47. The molecule has 0 unspecified atom stereocenters. The van der Waals surface area contributed by atoms with E-state index in [0.717, 1.165) is 12.6 Å². The summed E-state index contributed by atoms with van der Waals surface area (Å²) in [5.74, 6) is 0. The molecule has 0 aliphatic carbocycles. The van der Waals surface area contributed by atoms with Gasteiger partial charge in [-0.1, -0.05) is 44.2 Å². The number of nitro groups is 1. The van der Waals surface area contributed by atoms with Crippen molar-refractivity contribution in [2.45, 2.75) is 33.1 Å². The average molecular weight is 274 g/mol. The van der Waals surface area contributed by atoms with Crippen LogP contribution in [0.4, 0.5) is 0 Å². The van der Waals surface area contributed by atoms with Gasteiger partial charge in [-0.25, -0.2) is 0 Å². The summed E-state index contributed by atoms with van der Waals surface area (Å²) in [5.41, 5.74) is 0.369. The van der Waals surface area contributed by atoms with Gasteiger partial charge in [-0.3, -0.25) is 14.9 Å². The Morgan fingerprint density at radius 3 is 1.83 bits per heavy atom. The van der Waals surface area contributed by atoms with Gasteiger partial charge in [0, 0.05) is 4.92 Å². The van der Waals surface area contributed by atoms with Gasteiger partial charge in [-0.05, 0) is 31.0 Å². The maximum Gasteiger partial charge on any atom is 0.231 e. The first-order chi connectivity index (χ1) is 8.28. The van der Waals surface area contributed by atoms with Crippen molar-refractivity contribution in [1.29, 1.82) is 0 Å². The van der Waals surface area contributed by atoms with E-state index in [1.54, 1.807) is 0 Å². The first kappa shape index (κ1) is 18.9. The second-order valence-corrected chi connectivity index (χ2v) is 4.05. The molecule has 1 rings (SSSR count). The molecule has 0 saturated carbocycles. The highest BCUT2D eigenvalue weighted by atomic mass is 35.5. The molecule has 4 nitrogen and oxygen atoms in total. The number of carbonyl (C=O) groups excluding carboxylic acids is 1. The Balaban J connectivity index is 0. The topological polar surface area (TPSA) is 60.2 Å². The van der Waals surface area contributed by atoms with Crippen molar-refractivity contribution in [2.75, 3.05) is 7.05 Å². The Hall–Kier alpha value is -1.42. The standard InChI is InChI=1S/C10H11ClO.C2H6.CH3NO2/c1-10(2,9(11)12)8-6-4-3-5-7-8;1-2;1-2(3)4/h3-7H,1-2H3;1-2H3;1H3. The molecule has 0 spiro atoms. The Kier molecular flexibility index (Phi) is 10.1. The van der Waals surface area contributed by atoms with Crippen molar-refractivity contribution in [1.82, 2.24) is 0 Å². The number of carbonyl (C=O) groups is 1. The van der Waals surface area contributed by atoms with Crippen LogP contribution in [-0.2, 0) is 10.2 Å². The maximum absolute atomic E-state index is 11.0. The fraction of sp³-hybridized carbons (Fsp3) is 0.462. The lowest BCUT2D eigenvalue weighted by Gasteiger charge is -2.19. The highest BCUT2D eigenvalue weighted by molar-refractivity contribution is 6.65. The minimum Gasteiger partial charge on any atom is -0.280 e. The second-order valence-electron chi connectivity index (χ2n) is 3.70. The smallest absolute Gasteiger partial charge is 0.231 e. The van der Waals surface area contributed by atoms with Gasteiger partial charge < -0.3 is 0 Å². The van der Waals surface area contributed by atoms with Gasteiger partial charge >= 0.3 is 0 Å². The molecule has 1 aromatic rings. The van der Waals surface area contributed by atoms with E-state index in [1.165, 1.54) is 0 Å². The van der Waals surface area contributed by atoms with E-state index in [4.69, 9.17) is 21.7 Å². The van der Waals surface area contributed by atoms with Crippen LogP contribution in [0, 0.1) is 10.1 Å². The van der Waals surface area contributed by atoms with Gasteiger partial charge in [-0.15, -0.1) is 0 Å². The molecule has 0 atom stereocenters. The predicted molar refractivity (Wildman–Crippen MR) is 74.6 cm³/mol. The van der Waals surface area contributed by atoms with Crippen molar-refractivity contribution in [3.05, 3.63) is 46.0 Å². The predicted octanol–water partition coefficient (Wildman–Crippen LogP) is 3.65. The molecule has 0 aliphatic rings. The molecule has 0 bridgehead atoms. The molecule has 0 saturated heterocycles. The highest BCUT2D eigenvalue weighted by Crippen LogP contribution is 2.25. The lowest BCUT2D eigenvalue weighted by atomic mass is 9.86. The zero-order valence-electron chi connectivity index (χ0n) is 11.4. The van der Waals surface area contributed by atoms with Crippen LogP contribution in [0.1, 0.15) is 33.3 Å². The molecule has 0 radical (unpaired) electrons. The van der Waals surface area contributed by atoms with E-state index in [0.29, 0.717) is 0 Å². The lowest BCUT2D eigenvalue weighted by Crippen LogP contribution is -2.24. The summed E-state index contributed by atoms with van der Waals surface area (Å²) in [4.78, 5) is 19.3. The van der Waals surface area contributed by atoms with E-state index >= 15 is 0 Å².